The summed E-state index contributed by atoms with van der Waals surface area (Å²) >= 11 is 0. The summed E-state index contributed by atoms with van der Waals surface area (Å²) in [4.78, 5) is 0. The third-order valence-electron chi connectivity index (χ3n) is 4.83. The largest absolute Gasteiger partial charge is 0.362 e. The fourth-order valence-corrected chi connectivity index (χ4v) is 3.18. The fourth-order valence-electron chi connectivity index (χ4n) is 3.18. The molecule has 7 nitrogen and oxygen atoms in total. The Bertz CT molecular complexity index is 348. The molecule has 0 bridgehead atoms. The zero-order chi connectivity index (χ0) is 13.2. The molecule has 0 aromatic carbocycles. The van der Waals surface area contributed by atoms with Gasteiger partial charge in [-0.2, -0.15) is 0 Å². The van der Waals surface area contributed by atoms with E-state index in [4.69, 9.17) is 18.9 Å². The average Bonchev–Trinajstić information content (AvgIpc) is 2.20. The van der Waals surface area contributed by atoms with Crippen LogP contribution in [0.5, 0.6) is 0 Å². The Kier molecular flexibility index (Phi) is 2.41. The van der Waals surface area contributed by atoms with Crippen molar-refractivity contribution < 1.29 is 29.2 Å². The minimum atomic E-state index is -1.34. The summed E-state index contributed by atoms with van der Waals surface area (Å²) in [6, 6.07) is 0. The average molecular weight is 273 g/mol. The smallest absolute Gasteiger partial charge is 0.211 e. The van der Waals surface area contributed by atoms with Crippen LogP contribution < -0.4 is 5.32 Å². The van der Waals surface area contributed by atoms with Crippen molar-refractivity contribution in [3.63, 3.8) is 0 Å². The zero-order valence-electron chi connectivity index (χ0n) is 10.7. The Morgan fingerprint density at radius 1 is 0.632 bits per heavy atom. The van der Waals surface area contributed by atoms with Crippen LogP contribution in [0.1, 0.15) is 25.7 Å². The second-order valence-corrected chi connectivity index (χ2v) is 5.74. The molecule has 4 rings (SSSR count). The lowest BCUT2D eigenvalue weighted by Crippen LogP contribution is -2.85. The van der Waals surface area contributed by atoms with Gasteiger partial charge >= 0.3 is 0 Å². The molecule has 0 saturated carbocycles. The standard InChI is InChI=1S/C12H19NO6/c14-11(3-7-18-11)9(1-5-16-9)13-10(2-6-17-10)12(15)4-8-19-12/h13-15H,1-8H2. The first-order valence-corrected chi connectivity index (χ1v) is 6.83. The summed E-state index contributed by atoms with van der Waals surface area (Å²) in [6.45, 7) is 2.12. The number of rotatable bonds is 4. The molecule has 108 valence electrons. The molecule has 0 amide bonds. The molecule has 4 aliphatic heterocycles. The van der Waals surface area contributed by atoms with Gasteiger partial charge in [0.15, 0.2) is 11.4 Å². The van der Waals surface area contributed by atoms with Crippen molar-refractivity contribution in [3.8, 4) is 0 Å². The molecule has 0 radical (unpaired) electrons. The minimum absolute atomic E-state index is 0.509. The maximum atomic E-state index is 10.4. The number of aliphatic hydroxyl groups is 2. The first kappa shape index (κ1) is 12.5. The highest BCUT2D eigenvalue weighted by molar-refractivity contribution is 5.10. The van der Waals surface area contributed by atoms with Crippen molar-refractivity contribution >= 4 is 0 Å². The maximum Gasteiger partial charge on any atom is 0.211 e. The molecule has 4 aliphatic rings. The molecule has 4 heterocycles. The van der Waals surface area contributed by atoms with Crippen molar-refractivity contribution in [2.45, 2.75) is 48.7 Å². The van der Waals surface area contributed by atoms with Crippen molar-refractivity contribution in [1.82, 2.24) is 5.32 Å². The summed E-state index contributed by atoms with van der Waals surface area (Å²) in [5, 5.41) is 24.0. The highest BCUT2D eigenvalue weighted by Crippen LogP contribution is 2.49. The van der Waals surface area contributed by atoms with Gasteiger partial charge in [-0.05, 0) is 0 Å². The summed E-state index contributed by atoms with van der Waals surface area (Å²) in [5.74, 6) is -2.67. The molecule has 4 atom stereocenters. The molecule has 4 saturated heterocycles. The molecule has 0 aromatic rings. The van der Waals surface area contributed by atoms with Crippen LogP contribution in [0.3, 0.4) is 0 Å². The van der Waals surface area contributed by atoms with Crippen LogP contribution in [0.15, 0.2) is 0 Å². The van der Waals surface area contributed by atoms with Crippen LogP contribution in [0.2, 0.25) is 0 Å². The highest BCUT2D eigenvalue weighted by atomic mass is 16.7. The van der Waals surface area contributed by atoms with Gasteiger partial charge in [-0.1, -0.05) is 0 Å². The Hall–Kier alpha value is -0.280. The van der Waals surface area contributed by atoms with E-state index in [-0.39, 0.29) is 0 Å². The maximum absolute atomic E-state index is 10.4. The Morgan fingerprint density at radius 2 is 0.947 bits per heavy atom. The van der Waals surface area contributed by atoms with Crippen molar-refractivity contribution in [2.75, 3.05) is 26.4 Å². The van der Waals surface area contributed by atoms with Crippen molar-refractivity contribution in [3.05, 3.63) is 0 Å². The minimum Gasteiger partial charge on any atom is -0.362 e. The number of nitrogens with one attached hydrogen (secondary N) is 1. The van der Waals surface area contributed by atoms with Gasteiger partial charge in [0.2, 0.25) is 11.6 Å². The van der Waals surface area contributed by atoms with E-state index in [1.165, 1.54) is 0 Å². The molecule has 0 aromatic heterocycles. The van der Waals surface area contributed by atoms with Gasteiger partial charge in [0.25, 0.3) is 0 Å². The lowest BCUT2D eigenvalue weighted by atomic mass is 9.82. The highest BCUT2D eigenvalue weighted by Gasteiger charge is 2.69. The van der Waals surface area contributed by atoms with Crippen LogP contribution >= 0.6 is 0 Å². The van der Waals surface area contributed by atoms with Gasteiger partial charge in [-0.15, -0.1) is 0 Å². The monoisotopic (exact) mass is 273 g/mol. The molecule has 0 spiro atoms. The molecule has 19 heavy (non-hydrogen) atoms. The van der Waals surface area contributed by atoms with Gasteiger partial charge < -0.3 is 29.2 Å². The van der Waals surface area contributed by atoms with E-state index < -0.39 is 23.0 Å². The zero-order valence-corrected chi connectivity index (χ0v) is 10.7. The third kappa shape index (κ3) is 1.41. The summed E-state index contributed by atoms with van der Waals surface area (Å²) < 4.78 is 21.8. The number of hydrogen-bond donors (Lipinski definition) is 3. The molecule has 4 fully saturated rings. The molecule has 0 aliphatic carbocycles. The lowest BCUT2D eigenvalue weighted by molar-refractivity contribution is -0.458. The second-order valence-electron chi connectivity index (χ2n) is 5.74. The van der Waals surface area contributed by atoms with E-state index in [0.717, 1.165) is 0 Å². The van der Waals surface area contributed by atoms with Crippen LogP contribution in [-0.2, 0) is 18.9 Å². The molecule has 7 heteroatoms. The lowest BCUT2D eigenvalue weighted by Gasteiger charge is -2.63. The number of hydrogen-bond acceptors (Lipinski definition) is 7. The Morgan fingerprint density at radius 3 is 1.11 bits per heavy atom. The third-order valence-corrected chi connectivity index (χ3v) is 4.83. The van der Waals surface area contributed by atoms with Gasteiger partial charge in [-0.25, -0.2) is 0 Å². The van der Waals surface area contributed by atoms with E-state index in [1.807, 2.05) is 0 Å². The molecular weight excluding hydrogens is 254 g/mol. The van der Waals surface area contributed by atoms with E-state index in [1.54, 1.807) is 0 Å². The topological polar surface area (TPSA) is 89.4 Å². The fraction of sp³-hybridized carbons (Fsp3) is 1.00. The predicted molar refractivity (Wildman–Crippen MR) is 60.8 cm³/mol. The Labute approximate surface area is 110 Å². The summed E-state index contributed by atoms with van der Waals surface area (Å²) in [7, 11) is 0. The van der Waals surface area contributed by atoms with Crippen LogP contribution in [0.4, 0.5) is 0 Å². The van der Waals surface area contributed by atoms with E-state index in [0.29, 0.717) is 52.1 Å². The number of ether oxygens (including phenoxy) is 4. The van der Waals surface area contributed by atoms with Crippen molar-refractivity contribution in [2.24, 2.45) is 0 Å². The summed E-state index contributed by atoms with van der Waals surface area (Å²) in [6.07, 6.45) is 2.25. The van der Waals surface area contributed by atoms with E-state index in [9.17, 15) is 10.2 Å². The normalized spacial score (nSPS) is 56.5. The molecular formula is C12H19NO6. The van der Waals surface area contributed by atoms with Gasteiger partial charge in [0.1, 0.15) is 0 Å². The Balaban J connectivity index is 1.58. The SMILES string of the molecule is OC1(C2(NC3(C4(O)CCO4)CCO3)CCO2)CCO1. The van der Waals surface area contributed by atoms with E-state index in [2.05, 4.69) is 5.32 Å². The van der Waals surface area contributed by atoms with Gasteiger partial charge in [-0.3, -0.25) is 5.32 Å². The molecule has 3 N–H and O–H groups in total. The first-order valence-electron chi connectivity index (χ1n) is 6.83. The first-order chi connectivity index (χ1) is 9.04. The quantitative estimate of drug-likeness (QED) is 0.607. The van der Waals surface area contributed by atoms with Gasteiger partial charge in [0.05, 0.1) is 26.4 Å². The molecule has 4 unspecified atom stereocenters. The van der Waals surface area contributed by atoms with Crippen LogP contribution in [-0.4, -0.2) is 59.7 Å². The van der Waals surface area contributed by atoms with Crippen LogP contribution in [0, 0.1) is 0 Å². The second kappa shape index (κ2) is 3.67. The predicted octanol–water partition coefficient (Wildman–Crippen LogP) is -0.973. The van der Waals surface area contributed by atoms with E-state index >= 15 is 0 Å². The van der Waals surface area contributed by atoms with Crippen molar-refractivity contribution in [1.29, 1.82) is 0 Å². The van der Waals surface area contributed by atoms with Gasteiger partial charge in [0, 0.05) is 25.7 Å². The summed E-state index contributed by atoms with van der Waals surface area (Å²) in [5.41, 5.74) is -2.00. The van der Waals surface area contributed by atoms with Crippen LogP contribution in [0.25, 0.3) is 0 Å².